The molecule has 1 heteroatoms. The number of likely N-dealkylation sites (tertiary alicyclic amines) is 1. The van der Waals surface area contributed by atoms with Gasteiger partial charge in [-0.2, -0.15) is 0 Å². The lowest BCUT2D eigenvalue weighted by Crippen LogP contribution is -2.28. The molecule has 1 heterocycles. The molecule has 1 rings (SSSR count). The minimum Gasteiger partial charge on any atom is -0.302 e. The van der Waals surface area contributed by atoms with Crippen LogP contribution in [0.2, 0.25) is 0 Å². The van der Waals surface area contributed by atoms with Crippen molar-refractivity contribution in [3.63, 3.8) is 0 Å². The zero-order valence-corrected chi connectivity index (χ0v) is 15.2. The van der Waals surface area contributed by atoms with Crippen molar-refractivity contribution >= 4 is 0 Å². The first-order valence-corrected chi connectivity index (χ1v) is 8.40. The molecule has 1 aliphatic rings. The summed E-state index contributed by atoms with van der Waals surface area (Å²) in [5.41, 5.74) is 2.90. The molecule has 0 aromatic heterocycles. The van der Waals surface area contributed by atoms with Crippen LogP contribution in [-0.4, -0.2) is 25.0 Å². The molecule has 0 amide bonds. The fourth-order valence-corrected chi connectivity index (χ4v) is 2.18. The summed E-state index contributed by atoms with van der Waals surface area (Å²) in [5.74, 6) is 0. The van der Waals surface area contributed by atoms with E-state index in [2.05, 4.69) is 56.3 Å². The van der Waals surface area contributed by atoms with Crippen LogP contribution in [0.1, 0.15) is 33.1 Å². The van der Waals surface area contributed by atoms with Crippen LogP contribution in [0.15, 0.2) is 85.1 Å². The van der Waals surface area contributed by atoms with Gasteiger partial charge in [-0.1, -0.05) is 67.3 Å². The van der Waals surface area contributed by atoms with Gasteiger partial charge >= 0.3 is 0 Å². The van der Waals surface area contributed by atoms with Gasteiger partial charge < -0.3 is 4.90 Å². The van der Waals surface area contributed by atoms with Crippen molar-refractivity contribution in [3.8, 4) is 0 Å². The summed E-state index contributed by atoms with van der Waals surface area (Å²) in [6.45, 7) is 13.7. The molecule has 1 aliphatic heterocycles. The molecule has 0 aliphatic carbocycles. The van der Waals surface area contributed by atoms with Gasteiger partial charge in [0.15, 0.2) is 0 Å². The monoisotopic (exact) mass is 311 g/mol. The molecular weight excluding hydrogens is 278 g/mol. The largest absolute Gasteiger partial charge is 0.302 e. The van der Waals surface area contributed by atoms with E-state index in [-0.39, 0.29) is 0 Å². The van der Waals surface area contributed by atoms with E-state index in [9.17, 15) is 0 Å². The van der Waals surface area contributed by atoms with E-state index in [1.807, 2.05) is 43.4 Å². The van der Waals surface area contributed by atoms with Gasteiger partial charge in [-0.15, -0.1) is 6.58 Å². The number of likely N-dealkylation sites (N-methyl/N-ethyl adjacent to an activating group) is 1. The summed E-state index contributed by atoms with van der Waals surface area (Å²) in [5, 5.41) is 0. The fourth-order valence-electron chi connectivity index (χ4n) is 2.18. The summed E-state index contributed by atoms with van der Waals surface area (Å²) in [4.78, 5) is 2.34. The van der Waals surface area contributed by atoms with Gasteiger partial charge in [-0.25, -0.2) is 0 Å². The van der Waals surface area contributed by atoms with Crippen LogP contribution in [-0.2, 0) is 0 Å². The molecule has 0 spiro atoms. The Balaban J connectivity index is 0.000000423. The topological polar surface area (TPSA) is 3.24 Å². The lowest BCUT2D eigenvalue weighted by Gasteiger charge is -2.26. The number of nitrogens with zero attached hydrogens (tertiary/aromatic N) is 1. The van der Waals surface area contributed by atoms with Gasteiger partial charge in [0.2, 0.25) is 0 Å². The Labute approximate surface area is 143 Å². The van der Waals surface area contributed by atoms with Crippen molar-refractivity contribution in [2.45, 2.75) is 33.1 Å². The molecule has 1 fully saturated rings. The SMILES string of the molecule is C=C/C=C1/CCN(C)C/C1=C/C.C=CCC/C=C/C=C\C=C/C. The summed E-state index contributed by atoms with van der Waals surface area (Å²) in [6, 6.07) is 0. The van der Waals surface area contributed by atoms with E-state index >= 15 is 0 Å². The van der Waals surface area contributed by atoms with E-state index < -0.39 is 0 Å². The Bertz CT molecular complexity index is 472. The summed E-state index contributed by atoms with van der Waals surface area (Å²) >= 11 is 0. The second kappa shape index (κ2) is 15.1. The van der Waals surface area contributed by atoms with Crippen LogP contribution in [0, 0.1) is 0 Å². The van der Waals surface area contributed by atoms with Crippen LogP contribution in [0.3, 0.4) is 0 Å². The highest BCUT2D eigenvalue weighted by Crippen LogP contribution is 2.20. The standard InChI is InChI=1S/C11H17N.C11H16/c1-4-6-11-7-8-12(3)9-10(11)5-2;1-3-5-7-9-11-10-8-6-4-2/h4-6H,1,7-9H2,2-3H3;3-4,6,8-11H,1,5,7H2,2H3/b10-5-,11-6-;6-4-,10-8-,11-9+. The minimum atomic E-state index is 1.06. The van der Waals surface area contributed by atoms with Gasteiger partial charge in [-0.05, 0) is 51.3 Å². The summed E-state index contributed by atoms with van der Waals surface area (Å²) in [7, 11) is 2.16. The quantitative estimate of drug-likeness (QED) is 0.329. The molecule has 0 N–H and O–H groups in total. The molecule has 23 heavy (non-hydrogen) atoms. The molecule has 0 aromatic carbocycles. The van der Waals surface area contributed by atoms with E-state index in [0.717, 1.165) is 32.4 Å². The number of unbranched alkanes of at least 4 members (excludes halogenated alkanes) is 1. The maximum absolute atomic E-state index is 3.73. The first-order chi connectivity index (χ1) is 11.2. The zero-order chi connectivity index (χ0) is 17.3. The lowest BCUT2D eigenvalue weighted by atomic mass is 9.98. The molecule has 0 unspecified atom stereocenters. The van der Waals surface area contributed by atoms with Crippen LogP contribution in [0.4, 0.5) is 0 Å². The van der Waals surface area contributed by atoms with Gasteiger partial charge in [0.05, 0.1) is 0 Å². The average molecular weight is 312 g/mol. The van der Waals surface area contributed by atoms with Gasteiger partial charge in [0, 0.05) is 13.1 Å². The highest BCUT2D eigenvalue weighted by molar-refractivity contribution is 5.36. The molecule has 126 valence electrons. The van der Waals surface area contributed by atoms with Crippen LogP contribution in [0.5, 0.6) is 0 Å². The molecule has 0 radical (unpaired) electrons. The number of piperidine rings is 1. The molecule has 0 saturated carbocycles. The van der Waals surface area contributed by atoms with Gasteiger partial charge in [0.1, 0.15) is 0 Å². The van der Waals surface area contributed by atoms with Crippen LogP contribution < -0.4 is 0 Å². The minimum absolute atomic E-state index is 1.06. The predicted molar refractivity (Wildman–Crippen MR) is 107 cm³/mol. The normalized spacial score (nSPS) is 19.6. The Morgan fingerprint density at radius 1 is 1.00 bits per heavy atom. The van der Waals surface area contributed by atoms with Crippen molar-refractivity contribution in [2.24, 2.45) is 0 Å². The smallest absolute Gasteiger partial charge is 0.0230 e. The van der Waals surface area contributed by atoms with Crippen molar-refractivity contribution in [1.29, 1.82) is 0 Å². The third-order valence-electron chi connectivity index (χ3n) is 3.48. The van der Waals surface area contributed by atoms with E-state index in [0.29, 0.717) is 0 Å². The molecule has 0 bridgehead atoms. The van der Waals surface area contributed by atoms with Crippen molar-refractivity contribution in [3.05, 3.63) is 85.1 Å². The Hall–Kier alpha value is -1.86. The second-order valence-electron chi connectivity index (χ2n) is 5.43. The Morgan fingerprint density at radius 3 is 2.35 bits per heavy atom. The molecule has 1 saturated heterocycles. The fraction of sp³-hybridized carbons (Fsp3) is 0.364. The maximum Gasteiger partial charge on any atom is 0.0230 e. The Morgan fingerprint density at radius 2 is 1.74 bits per heavy atom. The van der Waals surface area contributed by atoms with E-state index in [1.54, 1.807) is 0 Å². The van der Waals surface area contributed by atoms with Crippen LogP contribution >= 0.6 is 0 Å². The van der Waals surface area contributed by atoms with Crippen molar-refractivity contribution < 1.29 is 0 Å². The van der Waals surface area contributed by atoms with E-state index in [1.165, 1.54) is 11.1 Å². The average Bonchev–Trinajstić information content (AvgIpc) is 2.56. The first kappa shape index (κ1) is 21.1. The summed E-state index contributed by atoms with van der Waals surface area (Å²) in [6.07, 6.45) is 23.7. The van der Waals surface area contributed by atoms with Gasteiger partial charge in [0.25, 0.3) is 0 Å². The van der Waals surface area contributed by atoms with E-state index in [4.69, 9.17) is 0 Å². The van der Waals surface area contributed by atoms with Crippen molar-refractivity contribution in [2.75, 3.05) is 20.1 Å². The molecular formula is C22H33N. The Kier molecular flexibility index (Phi) is 13.8. The number of allylic oxidation sites excluding steroid dienone is 10. The maximum atomic E-state index is 3.73. The second-order valence-corrected chi connectivity index (χ2v) is 5.43. The predicted octanol–water partition coefficient (Wildman–Crippen LogP) is 6.02. The number of hydrogen-bond donors (Lipinski definition) is 0. The number of hydrogen-bond acceptors (Lipinski definition) is 1. The lowest BCUT2D eigenvalue weighted by molar-refractivity contribution is 0.348. The third-order valence-corrected chi connectivity index (χ3v) is 3.48. The highest BCUT2D eigenvalue weighted by atomic mass is 15.1. The van der Waals surface area contributed by atoms with Gasteiger partial charge in [-0.3, -0.25) is 0 Å². The highest BCUT2D eigenvalue weighted by Gasteiger charge is 2.13. The molecule has 0 aromatic rings. The van der Waals surface area contributed by atoms with Crippen molar-refractivity contribution in [1.82, 2.24) is 4.90 Å². The summed E-state index contributed by atoms with van der Waals surface area (Å²) < 4.78 is 0. The number of rotatable bonds is 6. The molecule has 1 nitrogen and oxygen atoms in total. The molecule has 0 atom stereocenters. The zero-order valence-electron chi connectivity index (χ0n) is 15.2. The van der Waals surface area contributed by atoms with Crippen LogP contribution in [0.25, 0.3) is 0 Å². The third kappa shape index (κ3) is 11.4. The first-order valence-electron chi connectivity index (χ1n) is 8.40.